The fourth-order valence-electron chi connectivity index (χ4n) is 2.34. The van der Waals surface area contributed by atoms with Gasteiger partial charge in [-0.3, -0.25) is 4.79 Å². The van der Waals surface area contributed by atoms with E-state index in [0.29, 0.717) is 12.8 Å². The molecule has 0 aromatic heterocycles. The highest BCUT2D eigenvalue weighted by Gasteiger charge is 2.31. The number of aliphatic carboxylic acids is 1. The molecule has 3 N–H and O–H groups in total. The first-order chi connectivity index (χ1) is 8.93. The number of carboxylic acids is 1. The number of carbonyl (C=O) groups is 1. The number of nitrogens with zero attached hydrogens (tertiary/aromatic N) is 1. The van der Waals surface area contributed by atoms with Gasteiger partial charge in [0.15, 0.2) is 0 Å². The van der Waals surface area contributed by atoms with Gasteiger partial charge in [-0.1, -0.05) is 40.5 Å². The molecular formula is C15H32N2O2. The van der Waals surface area contributed by atoms with Crippen LogP contribution in [0.25, 0.3) is 0 Å². The maximum absolute atomic E-state index is 11.1. The lowest BCUT2D eigenvalue weighted by Crippen LogP contribution is -2.47. The molecule has 0 aliphatic carbocycles. The molecule has 0 saturated carbocycles. The largest absolute Gasteiger partial charge is 0.480 e. The maximum Gasteiger partial charge on any atom is 0.323 e. The van der Waals surface area contributed by atoms with Crippen LogP contribution in [0, 0.1) is 5.92 Å². The number of hydrogen-bond donors (Lipinski definition) is 2. The molecule has 0 spiro atoms. The fraction of sp³-hybridized carbons (Fsp3) is 0.933. The molecule has 0 aliphatic rings. The van der Waals surface area contributed by atoms with Gasteiger partial charge in [-0.15, -0.1) is 0 Å². The van der Waals surface area contributed by atoms with E-state index < -0.39 is 11.5 Å². The van der Waals surface area contributed by atoms with E-state index in [0.717, 1.165) is 32.0 Å². The van der Waals surface area contributed by atoms with E-state index >= 15 is 0 Å². The zero-order valence-corrected chi connectivity index (χ0v) is 13.1. The van der Waals surface area contributed by atoms with Crippen LogP contribution in [0.4, 0.5) is 0 Å². The van der Waals surface area contributed by atoms with Gasteiger partial charge >= 0.3 is 5.97 Å². The molecule has 19 heavy (non-hydrogen) atoms. The number of hydrogen-bond acceptors (Lipinski definition) is 3. The standard InChI is InChI=1S/C15H32N2O2/c1-5-13(6-2)12-17(8-4)11-9-10-15(16,7-3)14(18)19/h13H,5-12,16H2,1-4H3,(H,18,19). The van der Waals surface area contributed by atoms with E-state index in [1.165, 1.54) is 12.8 Å². The van der Waals surface area contributed by atoms with Crippen molar-refractivity contribution in [3.63, 3.8) is 0 Å². The minimum absolute atomic E-state index is 0.487. The minimum Gasteiger partial charge on any atom is -0.480 e. The van der Waals surface area contributed by atoms with E-state index in [2.05, 4.69) is 25.7 Å². The molecule has 0 aromatic rings. The van der Waals surface area contributed by atoms with E-state index in [1.54, 1.807) is 0 Å². The Morgan fingerprint density at radius 2 is 1.84 bits per heavy atom. The molecule has 4 nitrogen and oxygen atoms in total. The van der Waals surface area contributed by atoms with Crippen molar-refractivity contribution >= 4 is 5.97 Å². The Hall–Kier alpha value is -0.610. The third-order valence-electron chi connectivity index (χ3n) is 4.27. The van der Waals surface area contributed by atoms with Gasteiger partial charge in [0.25, 0.3) is 0 Å². The second-order valence-electron chi connectivity index (χ2n) is 5.49. The van der Waals surface area contributed by atoms with Crippen LogP contribution in [0.5, 0.6) is 0 Å². The summed E-state index contributed by atoms with van der Waals surface area (Å²) < 4.78 is 0. The predicted octanol–water partition coefficient (Wildman–Crippen LogP) is 2.72. The van der Waals surface area contributed by atoms with Crippen LogP contribution in [0.15, 0.2) is 0 Å². The predicted molar refractivity (Wildman–Crippen MR) is 80.3 cm³/mol. The van der Waals surface area contributed by atoms with Crippen LogP contribution in [0.3, 0.4) is 0 Å². The zero-order valence-electron chi connectivity index (χ0n) is 13.1. The molecule has 0 fully saturated rings. The first-order valence-electron chi connectivity index (χ1n) is 7.68. The van der Waals surface area contributed by atoms with Crippen molar-refractivity contribution in [2.75, 3.05) is 19.6 Å². The van der Waals surface area contributed by atoms with E-state index in [-0.39, 0.29) is 0 Å². The number of rotatable bonds is 11. The summed E-state index contributed by atoms with van der Waals surface area (Å²) in [5.41, 5.74) is 4.86. The second kappa shape index (κ2) is 9.32. The van der Waals surface area contributed by atoms with Crippen molar-refractivity contribution in [2.45, 2.75) is 65.3 Å². The van der Waals surface area contributed by atoms with E-state index in [9.17, 15) is 4.79 Å². The highest BCUT2D eigenvalue weighted by molar-refractivity contribution is 5.78. The average molecular weight is 272 g/mol. The molecule has 0 radical (unpaired) electrons. The Morgan fingerprint density at radius 1 is 1.26 bits per heavy atom. The van der Waals surface area contributed by atoms with Gasteiger partial charge in [-0.25, -0.2) is 0 Å². The highest BCUT2D eigenvalue weighted by atomic mass is 16.4. The molecule has 1 unspecified atom stereocenters. The van der Waals surface area contributed by atoms with Gasteiger partial charge in [0.05, 0.1) is 0 Å². The molecule has 114 valence electrons. The quantitative estimate of drug-likeness (QED) is 0.607. The van der Waals surface area contributed by atoms with Crippen LogP contribution in [0.1, 0.15) is 59.8 Å². The molecule has 1 atom stereocenters. The van der Waals surface area contributed by atoms with E-state index in [1.807, 2.05) is 6.92 Å². The lowest BCUT2D eigenvalue weighted by atomic mass is 9.91. The normalized spacial score (nSPS) is 14.9. The summed E-state index contributed by atoms with van der Waals surface area (Å²) in [6.45, 7) is 11.5. The number of nitrogens with two attached hydrogens (primary N) is 1. The summed E-state index contributed by atoms with van der Waals surface area (Å²) in [4.78, 5) is 13.5. The monoisotopic (exact) mass is 272 g/mol. The Kier molecular flexibility index (Phi) is 9.02. The summed E-state index contributed by atoms with van der Waals surface area (Å²) in [5, 5.41) is 9.14. The Balaban J connectivity index is 4.18. The highest BCUT2D eigenvalue weighted by Crippen LogP contribution is 2.16. The molecule has 0 amide bonds. The molecule has 0 bridgehead atoms. The van der Waals surface area contributed by atoms with Crippen molar-refractivity contribution < 1.29 is 9.90 Å². The molecule has 0 aliphatic heterocycles. The summed E-state index contributed by atoms with van der Waals surface area (Å²) >= 11 is 0. The van der Waals surface area contributed by atoms with Crippen molar-refractivity contribution in [1.82, 2.24) is 4.90 Å². The molecular weight excluding hydrogens is 240 g/mol. The van der Waals surface area contributed by atoms with Crippen molar-refractivity contribution in [3.05, 3.63) is 0 Å². The maximum atomic E-state index is 11.1. The molecule has 0 saturated heterocycles. The SMILES string of the molecule is CCC(CC)CN(CC)CCCC(N)(CC)C(=O)O. The van der Waals surface area contributed by atoms with Gasteiger partial charge in [0.1, 0.15) is 5.54 Å². The molecule has 0 rings (SSSR count). The van der Waals surface area contributed by atoms with Gasteiger partial charge in [0, 0.05) is 6.54 Å². The summed E-state index contributed by atoms with van der Waals surface area (Å²) in [7, 11) is 0. The van der Waals surface area contributed by atoms with Crippen LogP contribution in [-0.2, 0) is 4.79 Å². The Morgan fingerprint density at radius 3 is 2.21 bits per heavy atom. The van der Waals surface area contributed by atoms with Crippen molar-refractivity contribution in [3.8, 4) is 0 Å². The average Bonchev–Trinajstić information content (AvgIpc) is 2.42. The summed E-state index contributed by atoms with van der Waals surface area (Å²) in [5.74, 6) is -0.133. The van der Waals surface area contributed by atoms with Gasteiger partial charge in [-0.2, -0.15) is 0 Å². The third-order valence-corrected chi connectivity index (χ3v) is 4.27. The minimum atomic E-state index is -1.05. The van der Waals surface area contributed by atoms with Gasteiger partial charge in [-0.05, 0) is 38.3 Å². The lowest BCUT2D eigenvalue weighted by Gasteiger charge is -2.27. The van der Waals surface area contributed by atoms with Crippen LogP contribution in [-0.4, -0.2) is 41.1 Å². The van der Waals surface area contributed by atoms with Crippen LogP contribution in [0.2, 0.25) is 0 Å². The zero-order chi connectivity index (χ0) is 14.9. The second-order valence-corrected chi connectivity index (χ2v) is 5.49. The first-order valence-corrected chi connectivity index (χ1v) is 7.68. The van der Waals surface area contributed by atoms with Crippen LogP contribution >= 0.6 is 0 Å². The van der Waals surface area contributed by atoms with Crippen molar-refractivity contribution in [2.24, 2.45) is 11.7 Å². The summed E-state index contributed by atoms with van der Waals surface area (Å²) in [6, 6.07) is 0. The molecule has 0 heterocycles. The summed E-state index contributed by atoms with van der Waals surface area (Å²) in [6.07, 6.45) is 4.31. The van der Waals surface area contributed by atoms with Crippen molar-refractivity contribution in [1.29, 1.82) is 0 Å². The van der Waals surface area contributed by atoms with Crippen LogP contribution < -0.4 is 5.73 Å². The Labute approximate surface area is 118 Å². The Bertz CT molecular complexity index is 255. The molecule has 4 heteroatoms. The molecule has 0 aromatic carbocycles. The smallest absolute Gasteiger partial charge is 0.323 e. The van der Waals surface area contributed by atoms with Gasteiger partial charge in [0.2, 0.25) is 0 Å². The first kappa shape index (κ1) is 18.4. The number of carboxylic acid groups (broad SMARTS) is 1. The third kappa shape index (κ3) is 6.39. The topological polar surface area (TPSA) is 66.6 Å². The van der Waals surface area contributed by atoms with E-state index in [4.69, 9.17) is 10.8 Å². The fourth-order valence-corrected chi connectivity index (χ4v) is 2.34. The lowest BCUT2D eigenvalue weighted by molar-refractivity contribution is -0.143. The van der Waals surface area contributed by atoms with Gasteiger partial charge < -0.3 is 15.7 Å².